The Morgan fingerprint density at radius 2 is 2.25 bits per heavy atom. The molecule has 9 heteroatoms. The van der Waals surface area contributed by atoms with Crippen LogP contribution in [0, 0.1) is 0 Å². The molecule has 2 aromatic rings. The lowest BCUT2D eigenvalue weighted by molar-refractivity contribution is -0.118. The molecule has 0 bridgehead atoms. The third-order valence-electron chi connectivity index (χ3n) is 3.06. The van der Waals surface area contributed by atoms with E-state index in [4.69, 9.17) is 21.1 Å². The maximum absolute atomic E-state index is 11.7. The van der Waals surface area contributed by atoms with Crippen molar-refractivity contribution >= 4 is 29.3 Å². The largest absolute Gasteiger partial charge is 0.496 e. The first kappa shape index (κ1) is 18.6. The summed E-state index contributed by atoms with van der Waals surface area (Å²) in [5, 5.41) is 10.8. The van der Waals surface area contributed by atoms with Gasteiger partial charge in [0.1, 0.15) is 5.75 Å². The van der Waals surface area contributed by atoms with Gasteiger partial charge < -0.3 is 14.8 Å². The van der Waals surface area contributed by atoms with Crippen molar-refractivity contribution in [1.82, 2.24) is 20.5 Å². The van der Waals surface area contributed by atoms with Crippen LogP contribution >= 0.6 is 23.4 Å². The molecule has 0 spiro atoms. The second-order valence-electron chi connectivity index (χ2n) is 4.80. The topological polar surface area (TPSA) is 89.1 Å². The molecule has 24 heavy (non-hydrogen) atoms. The third kappa shape index (κ3) is 5.40. The summed E-state index contributed by atoms with van der Waals surface area (Å²) in [6, 6.07) is 5.25. The molecule has 0 saturated carbocycles. The molecule has 0 aliphatic heterocycles. The van der Waals surface area contributed by atoms with Crippen LogP contribution in [-0.4, -0.2) is 54.2 Å². The number of thioether (sulfide) groups is 1. The van der Waals surface area contributed by atoms with Crippen molar-refractivity contribution in [2.24, 2.45) is 0 Å². The van der Waals surface area contributed by atoms with E-state index in [1.807, 2.05) is 0 Å². The van der Waals surface area contributed by atoms with Gasteiger partial charge in [0.2, 0.25) is 11.1 Å². The number of ether oxygens (including phenoxy) is 2. The van der Waals surface area contributed by atoms with Gasteiger partial charge in [-0.2, -0.15) is 0 Å². The summed E-state index contributed by atoms with van der Waals surface area (Å²) in [5.41, 5.74) is 0.716. The van der Waals surface area contributed by atoms with Crippen LogP contribution in [0.1, 0.15) is 6.42 Å². The highest BCUT2D eigenvalue weighted by atomic mass is 35.5. The molecule has 0 saturated heterocycles. The summed E-state index contributed by atoms with van der Waals surface area (Å²) >= 11 is 7.27. The maximum atomic E-state index is 11.7. The second kappa shape index (κ2) is 9.51. The first-order valence-corrected chi connectivity index (χ1v) is 8.65. The van der Waals surface area contributed by atoms with Crippen molar-refractivity contribution in [3.8, 4) is 17.1 Å². The molecule has 1 aromatic carbocycles. The van der Waals surface area contributed by atoms with Crippen LogP contribution in [0.3, 0.4) is 0 Å². The monoisotopic (exact) mass is 370 g/mol. The quantitative estimate of drug-likeness (QED) is 0.520. The van der Waals surface area contributed by atoms with Crippen molar-refractivity contribution in [2.75, 3.05) is 33.1 Å². The van der Waals surface area contributed by atoms with E-state index in [1.54, 1.807) is 32.4 Å². The zero-order chi connectivity index (χ0) is 17.4. The Balaban J connectivity index is 1.92. The lowest BCUT2D eigenvalue weighted by atomic mass is 10.2. The van der Waals surface area contributed by atoms with Gasteiger partial charge in [0, 0.05) is 25.3 Å². The van der Waals surface area contributed by atoms with E-state index in [1.165, 1.54) is 11.8 Å². The average Bonchev–Trinajstić information content (AvgIpc) is 3.06. The lowest BCUT2D eigenvalue weighted by Gasteiger charge is -2.05. The highest BCUT2D eigenvalue weighted by molar-refractivity contribution is 7.99. The van der Waals surface area contributed by atoms with Gasteiger partial charge in [0.05, 0.1) is 18.4 Å². The Hall–Kier alpha value is -1.77. The number of methoxy groups -OCH3 is 2. The summed E-state index contributed by atoms with van der Waals surface area (Å²) in [6.07, 6.45) is 0.784. The third-order valence-corrected chi connectivity index (χ3v) is 4.14. The number of nitrogens with zero attached hydrogens (tertiary/aromatic N) is 2. The van der Waals surface area contributed by atoms with Gasteiger partial charge in [0.15, 0.2) is 5.82 Å². The summed E-state index contributed by atoms with van der Waals surface area (Å²) in [5.74, 6) is 1.36. The molecule has 130 valence electrons. The summed E-state index contributed by atoms with van der Waals surface area (Å²) in [6.45, 7) is 1.21. The van der Waals surface area contributed by atoms with Crippen molar-refractivity contribution < 1.29 is 14.3 Å². The molecule has 1 aromatic heterocycles. The smallest absolute Gasteiger partial charge is 0.230 e. The zero-order valence-corrected chi connectivity index (χ0v) is 15.0. The summed E-state index contributed by atoms with van der Waals surface area (Å²) in [4.78, 5) is 16.1. The summed E-state index contributed by atoms with van der Waals surface area (Å²) in [7, 11) is 3.21. The number of aromatic amines is 1. The number of rotatable bonds is 9. The molecular formula is C15H19ClN4O3S. The lowest BCUT2D eigenvalue weighted by Crippen LogP contribution is -2.26. The van der Waals surface area contributed by atoms with Gasteiger partial charge in [-0.3, -0.25) is 9.89 Å². The SMILES string of the molecule is COCCCNC(=O)CSc1n[nH]c(-c2cc(Cl)ccc2OC)n1. The predicted octanol–water partition coefficient (Wildman–Crippen LogP) is 2.38. The number of aromatic nitrogens is 3. The Labute approximate surface area is 149 Å². The fourth-order valence-corrected chi connectivity index (χ4v) is 2.72. The fourth-order valence-electron chi connectivity index (χ4n) is 1.92. The number of carbonyl (C=O) groups is 1. The molecule has 0 fully saturated rings. The van der Waals surface area contributed by atoms with Crippen LogP contribution < -0.4 is 10.1 Å². The van der Waals surface area contributed by atoms with E-state index in [-0.39, 0.29) is 11.7 Å². The van der Waals surface area contributed by atoms with E-state index in [9.17, 15) is 4.79 Å². The number of hydrogen-bond acceptors (Lipinski definition) is 6. The van der Waals surface area contributed by atoms with E-state index >= 15 is 0 Å². The van der Waals surface area contributed by atoms with Crippen LogP contribution in [0.4, 0.5) is 0 Å². The minimum Gasteiger partial charge on any atom is -0.496 e. The minimum absolute atomic E-state index is 0.0669. The number of carbonyl (C=O) groups excluding carboxylic acids is 1. The van der Waals surface area contributed by atoms with Crippen LogP contribution in [0.5, 0.6) is 5.75 Å². The molecule has 1 amide bonds. The van der Waals surface area contributed by atoms with Gasteiger partial charge in [-0.1, -0.05) is 23.4 Å². The molecule has 0 aliphatic rings. The number of benzene rings is 1. The van der Waals surface area contributed by atoms with Gasteiger partial charge in [0.25, 0.3) is 0 Å². The highest BCUT2D eigenvalue weighted by Gasteiger charge is 2.13. The summed E-state index contributed by atoms with van der Waals surface area (Å²) < 4.78 is 10.2. The first-order valence-electron chi connectivity index (χ1n) is 7.28. The average molecular weight is 371 g/mol. The zero-order valence-electron chi connectivity index (χ0n) is 13.5. The molecule has 7 nitrogen and oxygen atoms in total. The fraction of sp³-hybridized carbons (Fsp3) is 0.400. The molecule has 1 heterocycles. The molecule has 0 radical (unpaired) electrons. The van der Waals surface area contributed by atoms with Crippen LogP contribution in [0.15, 0.2) is 23.4 Å². The van der Waals surface area contributed by atoms with E-state index in [2.05, 4.69) is 20.5 Å². The number of nitrogens with one attached hydrogen (secondary N) is 2. The van der Waals surface area contributed by atoms with Gasteiger partial charge >= 0.3 is 0 Å². The Morgan fingerprint density at radius 1 is 1.42 bits per heavy atom. The van der Waals surface area contributed by atoms with Crippen LogP contribution in [-0.2, 0) is 9.53 Å². The second-order valence-corrected chi connectivity index (χ2v) is 6.18. The van der Waals surface area contributed by atoms with E-state index < -0.39 is 0 Å². The predicted molar refractivity (Wildman–Crippen MR) is 93.6 cm³/mol. The van der Waals surface area contributed by atoms with E-state index in [0.717, 1.165) is 6.42 Å². The Morgan fingerprint density at radius 3 is 3.00 bits per heavy atom. The molecule has 0 unspecified atom stereocenters. The van der Waals surface area contributed by atoms with Crippen LogP contribution in [0.2, 0.25) is 5.02 Å². The minimum atomic E-state index is -0.0669. The van der Waals surface area contributed by atoms with Crippen molar-refractivity contribution in [3.05, 3.63) is 23.2 Å². The number of hydrogen-bond donors (Lipinski definition) is 2. The standard InChI is InChI=1S/C15H19ClN4O3S/c1-22-7-3-6-17-13(21)9-24-15-18-14(19-20-15)11-8-10(16)4-5-12(11)23-2/h4-5,8H,3,6-7,9H2,1-2H3,(H,17,21)(H,18,19,20). The molecule has 0 aliphatic carbocycles. The van der Waals surface area contributed by atoms with Gasteiger partial charge in [-0.25, -0.2) is 4.98 Å². The maximum Gasteiger partial charge on any atom is 0.230 e. The number of halogens is 1. The Bertz CT molecular complexity index is 680. The molecular weight excluding hydrogens is 352 g/mol. The van der Waals surface area contributed by atoms with Crippen LogP contribution in [0.25, 0.3) is 11.4 Å². The van der Waals surface area contributed by atoms with Gasteiger partial charge in [-0.15, -0.1) is 5.10 Å². The van der Waals surface area contributed by atoms with Crippen molar-refractivity contribution in [3.63, 3.8) is 0 Å². The Kier molecular flexibility index (Phi) is 7.36. The first-order chi connectivity index (χ1) is 11.6. The molecule has 2 N–H and O–H groups in total. The highest BCUT2D eigenvalue weighted by Crippen LogP contribution is 2.31. The normalized spacial score (nSPS) is 10.6. The molecule has 2 rings (SSSR count). The number of H-pyrrole nitrogens is 1. The van der Waals surface area contributed by atoms with E-state index in [0.29, 0.717) is 40.5 Å². The number of amides is 1. The van der Waals surface area contributed by atoms with Gasteiger partial charge in [-0.05, 0) is 24.6 Å². The van der Waals surface area contributed by atoms with Crippen molar-refractivity contribution in [1.29, 1.82) is 0 Å². The van der Waals surface area contributed by atoms with Crippen molar-refractivity contribution in [2.45, 2.75) is 11.6 Å². The molecule has 0 atom stereocenters.